The molecule has 0 amide bonds. The second-order valence-corrected chi connectivity index (χ2v) is 15.8. The van der Waals surface area contributed by atoms with Crippen molar-refractivity contribution >= 4 is 14.0 Å². The normalized spacial score (nSPS) is 17.6. The summed E-state index contributed by atoms with van der Waals surface area (Å²) in [5, 5.41) is 23.1. The van der Waals surface area contributed by atoms with Crippen molar-refractivity contribution in [2.75, 3.05) is 47.9 Å². The summed E-state index contributed by atoms with van der Waals surface area (Å²) in [6, 6.07) is 35.8. The maximum absolute atomic E-state index is 13.5. The second kappa shape index (κ2) is 22.6. The molecule has 1 aliphatic heterocycles. The van der Waals surface area contributed by atoms with Gasteiger partial charge in [0.1, 0.15) is 41.2 Å². The number of hydrogen-bond acceptors (Lipinski definition) is 16. The lowest BCUT2D eigenvalue weighted by Crippen LogP contribution is -2.47. The highest BCUT2D eigenvalue weighted by atomic mass is 31.1. The minimum absolute atomic E-state index is 0.253. The van der Waals surface area contributed by atoms with Crippen LogP contribution in [0.1, 0.15) is 45.3 Å². The summed E-state index contributed by atoms with van der Waals surface area (Å²) in [5.74, 6) is 0.747. The Labute approximate surface area is 384 Å². The highest BCUT2D eigenvalue weighted by Gasteiger charge is 2.53. The Morgan fingerprint density at radius 1 is 0.806 bits per heavy atom. The van der Waals surface area contributed by atoms with Gasteiger partial charge in [0.15, 0.2) is 26.0 Å². The first-order valence-corrected chi connectivity index (χ1v) is 22.0. The number of H-pyrrole nitrogens is 1. The topological polar surface area (TPSA) is 228 Å². The van der Waals surface area contributed by atoms with Crippen LogP contribution < -0.4 is 30.2 Å². The number of nitrogens with zero attached hydrogens (tertiary/aromatic N) is 2. The number of aliphatic hydroxyl groups is 1. The van der Waals surface area contributed by atoms with E-state index in [-0.39, 0.29) is 18.1 Å². The van der Waals surface area contributed by atoms with Crippen LogP contribution in [0.15, 0.2) is 149 Å². The van der Waals surface area contributed by atoms with Gasteiger partial charge in [-0.15, -0.1) is 4.52 Å². The molecule has 0 aliphatic carbocycles. The molecular formula is C47H47N3O16P+. The fraction of sp³-hybridized carbons (Fsp3) is 0.277. The maximum Gasteiger partial charge on any atom is 0.540 e. The number of pyridine rings is 1. The van der Waals surface area contributed by atoms with Crippen LogP contribution in [0.2, 0.25) is 0 Å². The molecule has 20 heteroatoms. The van der Waals surface area contributed by atoms with Crippen LogP contribution >= 0.6 is 8.03 Å². The third kappa shape index (κ3) is 11.4. The number of carbonyl (C=O) groups excluding carboxylic acids is 1. The summed E-state index contributed by atoms with van der Waals surface area (Å²) in [6.45, 7) is -1.43. The highest BCUT2D eigenvalue weighted by Crippen LogP contribution is 2.46. The molecular weight excluding hydrogens is 893 g/mol. The zero-order valence-electron chi connectivity index (χ0n) is 36.4. The van der Waals surface area contributed by atoms with Gasteiger partial charge in [0.05, 0.1) is 39.6 Å². The number of aliphatic hydroxyl groups excluding tert-OH is 1. The molecule has 67 heavy (non-hydrogen) atoms. The van der Waals surface area contributed by atoms with Gasteiger partial charge >= 0.3 is 19.7 Å². The van der Waals surface area contributed by atoms with E-state index < -0.39 is 81.6 Å². The van der Waals surface area contributed by atoms with E-state index in [1.165, 1.54) is 25.4 Å². The Morgan fingerprint density at radius 3 is 2.03 bits per heavy atom. The van der Waals surface area contributed by atoms with Crippen LogP contribution in [0.4, 0.5) is 0 Å². The molecule has 1 aliphatic rings. The number of methoxy groups -OCH3 is 3. The molecule has 19 nitrogen and oxygen atoms in total. The van der Waals surface area contributed by atoms with Crippen molar-refractivity contribution in [3.8, 4) is 17.2 Å². The van der Waals surface area contributed by atoms with E-state index >= 15 is 0 Å². The lowest BCUT2D eigenvalue weighted by Gasteiger charge is -2.40. The minimum atomic E-state index is -2.78. The van der Waals surface area contributed by atoms with Gasteiger partial charge in [-0.3, -0.25) is 14.3 Å². The molecule has 0 radical (unpaired) electrons. The molecule has 0 saturated carbocycles. The molecule has 1 fully saturated rings. The minimum Gasteiger partial charge on any atom is -0.618 e. The number of esters is 1. The molecule has 0 bridgehead atoms. The summed E-state index contributed by atoms with van der Waals surface area (Å²) in [4.78, 5) is 40.7. The summed E-state index contributed by atoms with van der Waals surface area (Å²) in [6.07, 6.45) is -5.20. The van der Waals surface area contributed by atoms with E-state index in [4.69, 9.17) is 47.2 Å². The van der Waals surface area contributed by atoms with Gasteiger partial charge in [-0.05, 0) is 57.7 Å². The average molecular weight is 941 g/mol. The molecule has 6 atom stereocenters. The molecule has 4 aromatic carbocycles. The lowest BCUT2D eigenvalue weighted by atomic mass is 9.79. The van der Waals surface area contributed by atoms with Crippen LogP contribution in [-0.4, -0.2) is 86.8 Å². The Balaban J connectivity index is 1.26. The van der Waals surface area contributed by atoms with Gasteiger partial charge in [-0.25, -0.2) is 9.59 Å². The number of rotatable bonds is 22. The molecule has 0 spiro atoms. The van der Waals surface area contributed by atoms with E-state index in [1.807, 2.05) is 54.6 Å². The van der Waals surface area contributed by atoms with Crippen molar-refractivity contribution in [2.24, 2.45) is 0 Å². The van der Waals surface area contributed by atoms with Crippen LogP contribution in [0.25, 0.3) is 0 Å². The molecule has 2 N–H and O–H groups in total. The third-order valence-electron chi connectivity index (χ3n) is 10.6. The summed E-state index contributed by atoms with van der Waals surface area (Å²) in [7, 11) is 1.68. The Bertz CT molecular complexity index is 2640. The van der Waals surface area contributed by atoms with Crippen LogP contribution in [-0.2, 0) is 43.1 Å². The average Bonchev–Trinajstić information content (AvgIpc) is 3.68. The van der Waals surface area contributed by atoms with Crippen LogP contribution in [0, 0.1) is 5.21 Å². The predicted octanol–water partition coefficient (Wildman–Crippen LogP) is 5.07. The lowest BCUT2D eigenvalue weighted by molar-refractivity contribution is -0.622. The predicted molar refractivity (Wildman–Crippen MR) is 236 cm³/mol. The number of aromatic nitrogens is 3. The largest absolute Gasteiger partial charge is 0.618 e. The first-order chi connectivity index (χ1) is 32.5. The van der Waals surface area contributed by atoms with E-state index in [9.17, 15) is 29.3 Å². The second-order valence-electron chi connectivity index (χ2n) is 14.6. The van der Waals surface area contributed by atoms with Gasteiger partial charge in [0.25, 0.3) is 23.9 Å². The van der Waals surface area contributed by atoms with Crippen molar-refractivity contribution < 1.29 is 66.4 Å². The van der Waals surface area contributed by atoms with Gasteiger partial charge in [0.2, 0.25) is 0 Å². The van der Waals surface area contributed by atoms with E-state index in [0.29, 0.717) is 38.5 Å². The van der Waals surface area contributed by atoms with E-state index in [2.05, 4.69) is 4.98 Å². The van der Waals surface area contributed by atoms with Crippen molar-refractivity contribution in [2.45, 2.75) is 36.4 Å². The molecule has 3 heterocycles. The maximum atomic E-state index is 13.5. The van der Waals surface area contributed by atoms with Crippen LogP contribution in [0.3, 0.4) is 0 Å². The summed E-state index contributed by atoms with van der Waals surface area (Å²) in [5.41, 5.74) is -1.11. The monoisotopic (exact) mass is 940 g/mol. The zero-order valence-corrected chi connectivity index (χ0v) is 37.3. The summed E-state index contributed by atoms with van der Waals surface area (Å²) < 4.78 is 73.5. The van der Waals surface area contributed by atoms with Crippen molar-refractivity contribution in [1.82, 2.24) is 9.55 Å². The van der Waals surface area contributed by atoms with E-state index in [0.717, 1.165) is 16.8 Å². The van der Waals surface area contributed by atoms with Crippen molar-refractivity contribution in [3.05, 3.63) is 194 Å². The Morgan fingerprint density at radius 2 is 1.42 bits per heavy atom. The molecule has 7 rings (SSSR count). The van der Waals surface area contributed by atoms with Gasteiger partial charge in [-0.1, -0.05) is 72.8 Å². The number of ether oxygens (including phenoxy) is 9. The fourth-order valence-electron chi connectivity index (χ4n) is 7.39. The molecule has 1 saturated heterocycles. The number of nitrogens with one attached hydrogen (secondary N) is 1. The first-order valence-electron chi connectivity index (χ1n) is 20.6. The third-order valence-corrected chi connectivity index (χ3v) is 11.5. The molecule has 2 aromatic heterocycles. The molecule has 6 aromatic rings. The fourth-order valence-corrected chi connectivity index (χ4v) is 8.04. The summed E-state index contributed by atoms with van der Waals surface area (Å²) >= 11 is 0. The number of aromatic amines is 1. The van der Waals surface area contributed by atoms with Gasteiger partial charge < -0.3 is 52.9 Å². The Hall–Kier alpha value is -6.80. The quantitative estimate of drug-likeness (QED) is 0.0172. The SMILES string of the molecule is COc1ccc(C(O[C@H]2[C@@H](OCOCOC(=O)c3ccccc3)[C@H](n3ccc(=O)[nH]c3=O)O[C@@H]2COC[P+](=O)OC(O)c2cc(OC)cc[n+]2[O-])(c2ccccc2)c2ccc(OC)cc2)cc1. The zero-order chi connectivity index (χ0) is 47.3. The highest BCUT2D eigenvalue weighted by molar-refractivity contribution is 7.38. The number of hydrogen-bond donors (Lipinski definition) is 2. The molecule has 350 valence electrons. The van der Waals surface area contributed by atoms with Crippen LogP contribution in [0.5, 0.6) is 17.2 Å². The van der Waals surface area contributed by atoms with Gasteiger partial charge in [0, 0.05) is 18.3 Å². The first kappa shape index (κ1) is 48.1. The van der Waals surface area contributed by atoms with Gasteiger partial charge in [-0.2, -0.15) is 4.73 Å². The molecule has 2 unspecified atom stereocenters. The van der Waals surface area contributed by atoms with Crippen molar-refractivity contribution in [3.63, 3.8) is 0 Å². The smallest absolute Gasteiger partial charge is 0.540 e. The standard InChI is InChI=1S/C47H46N3O16P/c1-57-35-18-14-33(15-19-35)47(32-12-8-5-9-13-32,34-16-20-36(58-2)21-17-34)65-41-39(27-60-30-67(56)66-45(53)38-26-37(59-3)22-25-50(38)55)64-43(49-24-23-40(51)48-46(49)54)42(41)62-28-61-29-63-44(52)31-10-6-4-7-11-31/h4-26,39,41-43,45,53H,27-30H2,1-3H3/p+1/t39-,41-,42-,43-,45?/m1/s1. The van der Waals surface area contributed by atoms with E-state index in [1.54, 1.807) is 68.8 Å². The van der Waals surface area contributed by atoms with Crippen molar-refractivity contribution in [1.29, 1.82) is 0 Å². The number of carbonyl (C=O) groups is 1. The Kier molecular flexibility index (Phi) is 16.2. The number of benzene rings is 4.